The lowest BCUT2D eigenvalue weighted by Crippen LogP contribution is -2.19. The van der Waals surface area contributed by atoms with Gasteiger partial charge in [0.25, 0.3) is 0 Å². The van der Waals surface area contributed by atoms with Crippen molar-refractivity contribution in [2.75, 3.05) is 13.2 Å². The first-order valence-electron chi connectivity index (χ1n) is 3.56. The third kappa shape index (κ3) is 11.6. The fraction of sp³-hybridized carbons (Fsp3) is 1.00. The zero-order chi connectivity index (χ0) is 10.5. The first-order valence-corrected chi connectivity index (χ1v) is 3.56. The lowest BCUT2D eigenvalue weighted by Gasteiger charge is -2.13. The van der Waals surface area contributed by atoms with E-state index in [0.717, 1.165) is 0 Å². The van der Waals surface area contributed by atoms with E-state index < -0.39 is 39.1 Å². The minimum atomic E-state index is -4.91. The van der Waals surface area contributed by atoms with Gasteiger partial charge in [0.1, 0.15) is 6.61 Å². The van der Waals surface area contributed by atoms with Gasteiger partial charge in [-0.15, -0.1) is 0 Å². The van der Waals surface area contributed by atoms with Crippen molar-refractivity contribution in [1.82, 2.24) is 0 Å². The van der Waals surface area contributed by atoms with Gasteiger partial charge in [0.05, 0.1) is 0 Å². The summed E-state index contributed by atoms with van der Waals surface area (Å²) < 4.78 is 72.6. The molecule has 13 heavy (non-hydrogen) atoms. The number of hydrogen-bond acceptors (Lipinski definition) is 1. The van der Waals surface area contributed by atoms with Gasteiger partial charge in [-0.3, -0.25) is 0 Å². The smallest absolute Gasteiger partial charge is 0.449 e. The summed E-state index contributed by atoms with van der Waals surface area (Å²) in [6, 6.07) is 0. The normalized spacial score (nSPS) is 13.4. The molecular weight excluding hydrogens is 201 g/mol. The maximum absolute atomic E-state index is 11.5. The van der Waals surface area contributed by atoms with Crippen molar-refractivity contribution in [2.45, 2.75) is 18.9 Å². The van der Waals surface area contributed by atoms with E-state index in [9.17, 15) is 26.1 Å². The van der Waals surface area contributed by atoms with Crippen molar-refractivity contribution < 1.29 is 30.9 Å². The zero-order valence-corrected chi connectivity index (χ0v) is 6.58. The molecule has 0 aromatic carbocycles. The number of alkyl halides is 3. The second-order valence-corrected chi connectivity index (χ2v) is 2.52. The second-order valence-electron chi connectivity index (χ2n) is 2.52. The molecule has 0 aliphatic heterocycles. The van der Waals surface area contributed by atoms with Crippen LogP contribution in [0.5, 0.6) is 0 Å². The van der Waals surface area contributed by atoms with E-state index in [1.165, 1.54) is 0 Å². The number of ether oxygens (including phenoxy) is 1. The molecule has 0 aliphatic carbocycles. The molecule has 0 aromatic rings. The molecule has 0 heterocycles. The van der Waals surface area contributed by atoms with Crippen molar-refractivity contribution in [3.8, 4) is 0 Å². The van der Waals surface area contributed by atoms with Crippen molar-refractivity contribution in [1.29, 1.82) is 0 Å². The van der Waals surface area contributed by atoms with Gasteiger partial charge in [-0.2, -0.15) is 13.2 Å². The summed E-state index contributed by atoms with van der Waals surface area (Å²) in [6.45, 7) is -6.91. The Morgan fingerprint density at radius 1 is 1.08 bits per heavy atom. The summed E-state index contributed by atoms with van der Waals surface area (Å²) in [5, 5.41) is 0. The highest BCUT2D eigenvalue weighted by atomic mass is 19.4. The van der Waals surface area contributed by atoms with Crippen molar-refractivity contribution in [3.63, 3.8) is 0 Å². The van der Waals surface area contributed by atoms with Crippen LogP contribution in [0.2, 0.25) is 6.32 Å². The molecule has 0 saturated carbocycles. The molecule has 0 N–H and O–H groups in total. The summed E-state index contributed by atoms with van der Waals surface area (Å²) in [5.74, 6) is 0. The van der Waals surface area contributed by atoms with E-state index in [1.54, 1.807) is 0 Å². The molecule has 8 heteroatoms. The Morgan fingerprint density at radius 2 is 1.62 bits per heavy atom. The Morgan fingerprint density at radius 3 is 2.00 bits per heavy atom. The first-order chi connectivity index (χ1) is 5.71. The number of halogens is 6. The van der Waals surface area contributed by atoms with E-state index in [1.807, 2.05) is 0 Å². The van der Waals surface area contributed by atoms with Gasteiger partial charge in [-0.1, -0.05) is 12.7 Å². The SMILES string of the molecule is F[B-](F)(F)CCCOCC(F)(F)F. The Balaban J connectivity index is 3.28. The topological polar surface area (TPSA) is 9.23 Å². The van der Waals surface area contributed by atoms with Crippen LogP contribution in [0.25, 0.3) is 0 Å². The van der Waals surface area contributed by atoms with Crippen LogP contribution in [0.4, 0.5) is 26.1 Å². The van der Waals surface area contributed by atoms with E-state index in [0.29, 0.717) is 0 Å². The molecular formula is C5H8BF6O-. The molecule has 0 unspecified atom stereocenters. The monoisotopic (exact) mass is 209 g/mol. The maximum atomic E-state index is 11.5. The van der Waals surface area contributed by atoms with Crippen molar-refractivity contribution in [3.05, 3.63) is 0 Å². The summed E-state index contributed by atoms with van der Waals surface area (Å²) in [5.41, 5.74) is 0. The first kappa shape index (κ1) is 12.6. The maximum Gasteiger partial charge on any atom is 0.478 e. The molecule has 0 aliphatic rings. The van der Waals surface area contributed by atoms with Crippen LogP contribution in [0.15, 0.2) is 0 Å². The molecule has 0 aromatic heterocycles. The molecule has 0 fully saturated rings. The summed E-state index contributed by atoms with van der Waals surface area (Å²) >= 11 is 0. The molecule has 80 valence electrons. The van der Waals surface area contributed by atoms with E-state index in [2.05, 4.69) is 4.74 Å². The zero-order valence-electron chi connectivity index (χ0n) is 6.58. The third-order valence-electron chi connectivity index (χ3n) is 1.09. The predicted molar refractivity (Wildman–Crippen MR) is 35.4 cm³/mol. The van der Waals surface area contributed by atoms with Crippen molar-refractivity contribution in [2.24, 2.45) is 0 Å². The van der Waals surface area contributed by atoms with Crippen LogP contribution in [0.1, 0.15) is 6.42 Å². The summed E-state index contributed by atoms with van der Waals surface area (Å²) in [6.07, 6.45) is -5.94. The third-order valence-corrected chi connectivity index (χ3v) is 1.09. The van der Waals surface area contributed by atoms with Gasteiger partial charge in [0, 0.05) is 6.61 Å². The van der Waals surface area contributed by atoms with Crippen molar-refractivity contribution >= 4 is 6.98 Å². The van der Waals surface area contributed by atoms with Gasteiger partial charge in [-0.05, 0) is 0 Å². The molecule has 0 amide bonds. The molecule has 0 rings (SSSR count). The van der Waals surface area contributed by atoms with Gasteiger partial charge in [0.2, 0.25) is 0 Å². The van der Waals surface area contributed by atoms with Crippen LogP contribution in [0, 0.1) is 0 Å². The fourth-order valence-electron chi connectivity index (χ4n) is 0.605. The highest BCUT2D eigenvalue weighted by Gasteiger charge is 2.27. The minimum absolute atomic E-state index is 0.417. The van der Waals surface area contributed by atoms with Gasteiger partial charge in [0.15, 0.2) is 0 Å². The molecule has 0 bridgehead atoms. The molecule has 0 saturated heterocycles. The molecule has 0 radical (unpaired) electrons. The molecule has 1 nitrogen and oxygen atoms in total. The Kier molecular flexibility index (Phi) is 4.59. The number of hydrogen-bond donors (Lipinski definition) is 0. The average Bonchev–Trinajstić information content (AvgIpc) is 1.81. The van der Waals surface area contributed by atoms with Gasteiger partial charge in [-0.25, -0.2) is 0 Å². The quantitative estimate of drug-likeness (QED) is 0.384. The van der Waals surface area contributed by atoms with Gasteiger partial charge < -0.3 is 17.7 Å². The highest BCUT2D eigenvalue weighted by Crippen LogP contribution is 2.18. The lowest BCUT2D eigenvalue weighted by atomic mass is 9.85. The minimum Gasteiger partial charge on any atom is -0.449 e. The summed E-state index contributed by atoms with van der Waals surface area (Å²) in [7, 11) is 0. The Hall–Kier alpha value is -0.395. The second kappa shape index (κ2) is 4.73. The van der Waals surface area contributed by atoms with Crippen LogP contribution >= 0.6 is 0 Å². The highest BCUT2D eigenvalue weighted by molar-refractivity contribution is 6.58. The molecule has 0 atom stereocenters. The van der Waals surface area contributed by atoms with E-state index in [-0.39, 0.29) is 0 Å². The van der Waals surface area contributed by atoms with Gasteiger partial charge >= 0.3 is 13.2 Å². The van der Waals surface area contributed by atoms with E-state index in [4.69, 9.17) is 0 Å². The average molecular weight is 209 g/mol. The molecule has 0 spiro atoms. The largest absolute Gasteiger partial charge is 0.478 e. The van der Waals surface area contributed by atoms with Crippen LogP contribution in [0.3, 0.4) is 0 Å². The van der Waals surface area contributed by atoms with Crippen LogP contribution in [-0.4, -0.2) is 26.4 Å². The van der Waals surface area contributed by atoms with E-state index >= 15 is 0 Å². The Labute approximate surface area is 71.1 Å². The standard InChI is InChI=1S/C5H8BF6O/c7-5(8,9)4-13-3-1-2-6(10,11)12/h1-4H2/q-1. The Bertz CT molecular complexity index is 125. The summed E-state index contributed by atoms with van der Waals surface area (Å²) in [4.78, 5) is 0. The number of rotatable bonds is 5. The predicted octanol–water partition coefficient (Wildman–Crippen LogP) is 2.80. The lowest BCUT2D eigenvalue weighted by molar-refractivity contribution is -0.173. The van der Waals surface area contributed by atoms with Crippen LogP contribution < -0.4 is 0 Å². The van der Waals surface area contributed by atoms with Crippen LogP contribution in [-0.2, 0) is 4.74 Å². The fourth-order valence-corrected chi connectivity index (χ4v) is 0.605.